The summed E-state index contributed by atoms with van der Waals surface area (Å²) in [6.07, 6.45) is 3.41. The van der Waals surface area contributed by atoms with E-state index in [1.165, 1.54) is 33.0 Å². The molecule has 178 valence electrons. The number of rotatable bonds is 5. The van der Waals surface area contributed by atoms with Crippen molar-refractivity contribution in [1.82, 2.24) is 5.32 Å². The van der Waals surface area contributed by atoms with Gasteiger partial charge in [0.2, 0.25) is 5.91 Å². The van der Waals surface area contributed by atoms with Gasteiger partial charge in [0, 0.05) is 0 Å². The second-order valence-corrected chi connectivity index (χ2v) is 9.76. The number of phenolic OH excluding ortho intramolecular Hbond substituents is 1. The first-order valence-corrected chi connectivity index (χ1v) is 12.4. The molecule has 0 saturated carbocycles. The maximum atomic E-state index is 13.2. The lowest BCUT2D eigenvalue weighted by Crippen LogP contribution is -2.44. The zero-order valence-corrected chi connectivity index (χ0v) is 20.3. The van der Waals surface area contributed by atoms with Gasteiger partial charge in [-0.05, 0) is 107 Å². The lowest BCUT2D eigenvalue weighted by Gasteiger charge is -2.28. The molecule has 4 heteroatoms. The highest BCUT2D eigenvalue weighted by atomic mass is 16.3. The summed E-state index contributed by atoms with van der Waals surface area (Å²) in [6, 6.07) is 24.3. The van der Waals surface area contributed by atoms with Crippen LogP contribution in [0.3, 0.4) is 0 Å². The van der Waals surface area contributed by atoms with E-state index < -0.39 is 6.04 Å². The summed E-state index contributed by atoms with van der Waals surface area (Å²) < 4.78 is 0. The van der Waals surface area contributed by atoms with E-state index >= 15 is 0 Å². The SMILES string of the molecule is Cc1cc(O)cc(C)c1CC(N)C(=O)NC1CCCc2ccc(-c3cccc4ccccc34)cc21. The molecule has 35 heavy (non-hydrogen) atoms. The van der Waals surface area contributed by atoms with Crippen LogP contribution < -0.4 is 11.1 Å². The Hall–Kier alpha value is -3.63. The van der Waals surface area contributed by atoms with E-state index in [0.29, 0.717) is 6.42 Å². The van der Waals surface area contributed by atoms with Crippen LogP contribution >= 0.6 is 0 Å². The van der Waals surface area contributed by atoms with Gasteiger partial charge in [-0.3, -0.25) is 4.79 Å². The summed E-state index contributed by atoms with van der Waals surface area (Å²) >= 11 is 0. The van der Waals surface area contributed by atoms with Crippen LogP contribution in [-0.2, 0) is 17.6 Å². The van der Waals surface area contributed by atoms with Gasteiger partial charge in [0.05, 0.1) is 12.1 Å². The number of carbonyl (C=O) groups is 1. The van der Waals surface area contributed by atoms with Gasteiger partial charge in [0.15, 0.2) is 0 Å². The highest BCUT2D eigenvalue weighted by Gasteiger charge is 2.25. The largest absolute Gasteiger partial charge is 0.508 e. The van der Waals surface area contributed by atoms with E-state index in [1.54, 1.807) is 12.1 Å². The van der Waals surface area contributed by atoms with Crippen LogP contribution in [0.2, 0.25) is 0 Å². The zero-order valence-electron chi connectivity index (χ0n) is 20.3. The number of hydrogen-bond acceptors (Lipinski definition) is 3. The molecule has 0 heterocycles. The number of nitrogens with one attached hydrogen (secondary N) is 1. The van der Waals surface area contributed by atoms with Crippen molar-refractivity contribution < 1.29 is 9.90 Å². The summed E-state index contributed by atoms with van der Waals surface area (Å²) in [5, 5.41) is 15.5. The van der Waals surface area contributed by atoms with Gasteiger partial charge in [0.1, 0.15) is 5.75 Å². The lowest BCUT2D eigenvalue weighted by molar-refractivity contribution is -0.123. The van der Waals surface area contributed by atoms with Crippen molar-refractivity contribution in [2.24, 2.45) is 5.73 Å². The second-order valence-electron chi connectivity index (χ2n) is 9.76. The normalized spacial score (nSPS) is 16.0. The number of phenols is 1. The van der Waals surface area contributed by atoms with Crippen LogP contribution in [0, 0.1) is 13.8 Å². The van der Waals surface area contributed by atoms with Crippen molar-refractivity contribution in [3.8, 4) is 16.9 Å². The number of hydrogen-bond donors (Lipinski definition) is 3. The Morgan fingerprint density at radius 2 is 1.77 bits per heavy atom. The molecule has 0 radical (unpaired) electrons. The van der Waals surface area contributed by atoms with Gasteiger partial charge in [-0.25, -0.2) is 0 Å². The molecule has 0 aliphatic heterocycles. The summed E-state index contributed by atoms with van der Waals surface area (Å²) in [5.74, 6) is 0.105. The third-order valence-corrected chi connectivity index (χ3v) is 7.32. The third-order valence-electron chi connectivity index (χ3n) is 7.32. The minimum absolute atomic E-state index is 0.0470. The number of aryl methyl sites for hydroxylation is 3. The zero-order chi connectivity index (χ0) is 24.5. The number of benzene rings is 4. The molecule has 0 spiro atoms. The molecule has 2 atom stereocenters. The Bertz CT molecular complexity index is 1380. The van der Waals surface area contributed by atoms with Crippen molar-refractivity contribution in [1.29, 1.82) is 0 Å². The van der Waals surface area contributed by atoms with Crippen LogP contribution in [0.5, 0.6) is 5.75 Å². The molecule has 4 N–H and O–H groups in total. The average Bonchev–Trinajstić information content (AvgIpc) is 2.85. The van der Waals surface area contributed by atoms with Crippen LogP contribution in [0.25, 0.3) is 21.9 Å². The molecule has 4 aromatic carbocycles. The fourth-order valence-corrected chi connectivity index (χ4v) is 5.48. The second kappa shape index (κ2) is 9.55. The van der Waals surface area contributed by atoms with E-state index in [9.17, 15) is 9.90 Å². The number of nitrogens with two attached hydrogens (primary N) is 1. The average molecular weight is 465 g/mol. The first-order valence-electron chi connectivity index (χ1n) is 12.4. The van der Waals surface area contributed by atoms with Crippen LogP contribution in [0.1, 0.15) is 46.7 Å². The first kappa shape index (κ1) is 23.1. The molecule has 0 fully saturated rings. The number of amides is 1. The number of carbonyl (C=O) groups excluding carboxylic acids is 1. The van der Waals surface area contributed by atoms with Crippen LogP contribution in [0.4, 0.5) is 0 Å². The molecule has 0 bridgehead atoms. The molecule has 4 aromatic rings. The molecule has 2 unspecified atom stereocenters. The Kier molecular flexibility index (Phi) is 6.31. The lowest BCUT2D eigenvalue weighted by atomic mass is 9.84. The molecule has 4 nitrogen and oxygen atoms in total. The highest BCUT2D eigenvalue weighted by molar-refractivity contribution is 5.96. The van der Waals surface area contributed by atoms with Gasteiger partial charge in [-0.1, -0.05) is 54.6 Å². The van der Waals surface area contributed by atoms with Crippen molar-refractivity contribution in [2.45, 2.75) is 51.6 Å². The van der Waals surface area contributed by atoms with Crippen molar-refractivity contribution in [3.05, 3.63) is 101 Å². The predicted molar refractivity (Wildman–Crippen MR) is 142 cm³/mol. The summed E-state index contributed by atoms with van der Waals surface area (Å²) in [6.45, 7) is 3.89. The summed E-state index contributed by atoms with van der Waals surface area (Å²) in [4.78, 5) is 13.2. The molecular formula is C31H32N2O2. The Labute approximate surface area is 206 Å². The van der Waals surface area contributed by atoms with Gasteiger partial charge in [0.25, 0.3) is 0 Å². The van der Waals surface area contributed by atoms with Gasteiger partial charge >= 0.3 is 0 Å². The maximum absolute atomic E-state index is 13.2. The molecule has 0 aromatic heterocycles. The van der Waals surface area contributed by atoms with Crippen LogP contribution in [-0.4, -0.2) is 17.1 Å². The molecule has 1 aliphatic carbocycles. The maximum Gasteiger partial charge on any atom is 0.237 e. The van der Waals surface area contributed by atoms with Gasteiger partial charge < -0.3 is 16.2 Å². The topological polar surface area (TPSA) is 75.3 Å². The minimum atomic E-state index is -0.649. The van der Waals surface area contributed by atoms with Crippen molar-refractivity contribution >= 4 is 16.7 Å². The smallest absolute Gasteiger partial charge is 0.237 e. The van der Waals surface area contributed by atoms with E-state index in [4.69, 9.17) is 5.73 Å². The Morgan fingerprint density at radius 3 is 2.57 bits per heavy atom. The first-order chi connectivity index (χ1) is 16.9. The minimum Gasteiger partial charge on any atom is -0.508 e. The standard InChI is InChI=1S/C31H32N2O2/c1-19-15-24(34)16-20(2)27(19)18-29(32)31(35)33-30-12-6-9-22-13-14-23(17-28(22)30)26-11-5-8-21-7-3-4-10-25(21)26/h3-5,7-8,10-11,13-17,29-30,34H,6,9,12,18,32H2,1-2H3,(H,33,35). The van der Waals surface area contributed by atoms with E-state index in [2.05, 4.69) is 66.0 Å². The molecule has 0 saturated heterocycles. The van der Waals surface area contributed by atoms with Crippen LogP contribution in [0.15, 0.2) is 72.8 Å². The summed E-state index contributed by atoms with van der Waals surface area (Å²) in [5.41, 5.74) is 14.2. The molecule has 5 rings (SSSR count). The van der Waals surface area contributed by atoms with Gasteiger partial charge in [-0.2, -0.15) is 0 Å². The quantitative estimate of drug-likeness (QED) is 0.345. The number of aromatic hydroxyl groups is 1. The van der Waals surface area contributed by atoms with E-state index in [-0.39, 0.29) is 17.7 Å². The van der Waals surface area contributed by atoms with Crippen molar-refractivity contribution in [3.63, 3.8) is 0 Å². The molecular weight excluding hydrogens is 432 g/mol. The van der Waals surface area contributed by atoms with E-state index in [0.717, 1.165) is 36.0 Å². The van der Waals surface area contributed by atoms with Crippen molar-refractivity contribution in [2.75, 3.05) is 0 Å². The summed E-state index contributed by atoms with van der Waals surface area (Å²) in [7, 11) is 0. The van der Waals surface area contributed by atoms with E-state index in [1.807, 2.05) is 13.8 Å². The monoisotopic (exact) mass is 464 g/mol. The number of fused-ring (bicyclic) bond motifs is 2. The Morgan fingerprint density at radius 1 is 1.03 bits per heavy atom. The fraction of sp³-hybridized carbons (Fsp3) is 0.258. The molecule has 1 aliphatic rings. The van der Waals surface area contributed by atoms with Gasteiger partial charge in [-0.15, -0.1) is 0 Å². The predicted octanol–water partition coefficient (Wildman–Crippen LogP) is 5.89. The molecule has 1 amide bonds. The third kappa shape index (κ3) is 4.67. The highest BCUT2D eigenvalue weighted by Crippen LogP contribution is 2.35. The Balaban J connectivity index is 1.40. The fourth-order valence-electron chi connectivity index (χ4n) is 5.48.